The first-order valence-electron chi connectivity index (χ1n) is 10.2. The van der Waals surface area contributed by atoms with E-state index in [1.165, 1.54) is 0 Å². The Labute approximate surface area is 174 Å². The average molecular weight is 408 g/mol. The highest BCUT2D eigenvalue weighted by Gasteiger charge is 2.42. The van der Waals surface area contributed by atoms with Gasteiger partial charge in [-0.05, 0) is 64.2 Å². The van der Waals surface area contributed by atoms with Gasteiger partial charge in [-0.3, -0.25) is 0 Å². The number of urea groups is 1. The van der Waals surface area contributed by atoms with Crippen LogP contribution in [0.5, 0.6) is 0 Å². The van der Waals surface area contributed by atoms with Crippen LogP contribution in [0.4, 0.5) is 4.79 Å². The van der Waals surface area contributed by atoms with Gasteiger partial charge in [-0.1, -0.05) is 26.8 Å². The van der Waals surface area contributed by atoms with E-state index in [-0.39, 0.29) is 28.5 Å². The van der Waals surface area contributed by atoms with Crippen LogP contribution in [0.25, 0.3) is 0 Å². The molecule has 0 heterocycles. The summed E-state index contributed by atoms with van der Waals surface area (Å²) in [6.45, 7) is 14.8. The number of hydrogen-bond donors (Lipinski definition) is 2. The summed E-state index contributed by atoms with van der Waals surface area (Å²) in [6.07, 6.45) is 6.32. The first kappa shape index (κ1) is 24.9. The van der Waals surface area contributed by atoms with Crippen LogP contribution in [-0.2, 0) is 9.59 Å². The molecule has 2 N–H and O–H groups in total. The Hall–Kier alpha value is -2.14. The summed E-state index contributed by atoms with van der Waals surface area (Å²) < 4.78 is 0. The van der Waals surface area contributed by atoms with E-state index < -0.39 is 11.5 Å². The van der Waals surface area contributed by atoms with Gasteiger partial charge in [0.1, 0.15) is 0 Å². The summed E-state index contributed by atoms with van der Waals surface area (Å²) in [5, 5.41) is 12.1. The molecule has 2 unspecified atom stereocenters. The molecule has 164 valence electrons. The molecule has 1 aliphatic carbocycles. The minimum absolute atomic E-state index is 0.0333. The number of nitrogens with zero attached hydrogens (tertiary/aromatic N) is 2. The lowest BCUT2D eigenvalue weighted by Crippen LogP contribution is -2.53. The minimum atomic E-state index is -0.947. The van der Waals surface area contributed by atoms with Gasteiger partial charge in [0.15, 0.2) is 0 Å². The topological polar surface area (TPSA) is 99.1 Å². The Morgan fingerprint density at radius 3 is 2.41 bits per heavy atom. The van der Waals surface area contributed by atoms with Crippen molar-refractivity contribution in [1.29, 1.82) is 0 Å². The van der Waals surface area contributed by atoms with Gasteiger partial charge in [0.25, 0.3) is 0 Å². The van der Waals surface area contributed by atoms with Gasteiger partial charge in [-0.15, -0.1) is 0 Å². The molecular formula is C22H37N3O4. The maximum atomic E-state index is 12.9. The largest absolute Gasteiger partial charge is 0.478 e. The van der Waals surface area contributed by atoms with E-state index in [4.69, 9.17) is 5.11 Å². The second kappa shape index (κ2) is 9.57. The molecule has 2 amide bonds. The summed E-state index contributed by atoms with van der Waals surface area (Å²) >= 11 is 0. The van der Waals surface area contributed by atoms with Crippen LogP contribution >= 0.6 is 0 Å². The summed E-state index contributed by atoms with van der Waals surface area (Å²) in [4.78, 5) is 40.3. The number of aliphatic carboxylic acids is 1. The Bertz CT molecular complexity index is 687. The van der Waals surface area contributed by atoms with E-state index in [1.54, 1.807) is 24.0 Å². The molecule has 1 fully saturated rings. The fraction of sp³-hybridized carbons (Fsp3) is 0.773. The third-order valence-electron chi connectivity index (χ3n) is 5.52. The molecule has 0 radical (unpaired) electrons. The number of nitrogens with one attached hydrogen (secondary N) is 1. The number of carboxylic acid groups (broad SMARTS) is 1. The number of carboxylic acids is 1. The SMILES string of the molecule is C/C(=C\CCN(C(=O)NCC1(C)CC(N=C=O)CC(C)(C)C1)C(C)(C)C)C(=O)O. The zero-order valence-corrected chi connectivity index (χ0v) is 19.0. The van der Waals surface area contributed by atoms with Gasteiger partial charge in [0.05, 0.1) is 6.04 Å². The third kappa shape index (κ3) is 8.01. The van der Waals surface area contributed by atoms with Gasteiger partial charge >= 0.3 is 12.0 Å². The van der Waals surface area contributed by atoms with Crippen LogP contribution < -0.4 is 5.32 Å². The third-order valence-corrected chi connectivity index (χ3v) is 5.52. The molecule has 0 saturated heterocycles. The second-order valence-electron chi connectivity index (χ2n) is 10.4. The summed E-state index contributed by atoms with van der Waals surface area (Å²) in [6, 6.07) is -0.236. The number of aliphatic imine (C=N–C) groups is 1. The predicted octanol–water partition coefficient (Wildman–Crippen LogP) is 4.14. The maximum absolute atomic E-state index is 12.9. The zero-order chi connectivity index (χ0) is 22.5. The van der Waals surface area contributed by atoms with E-state index in [0.29, 0.717) is 19.5 Å². The Kier molecular flexibility index (Phi) is 8.22. The highest BCUT2D eigenvalue weighted by molar-refractivity contribution is 5.85. The van der Waals surface area contributed by atoms with Crippen LogP contribution in [-0.4, -0.2) is 52.8 Å². The Morgan fingerprint density at radius 1 is 1.28 bits per heavy atom. The highest BCUT2D eigenvalue weighted by atomic mass is 16.4. The first-order chi connectivity index (χ1) is 13.2. The quantitative estimate of drug-likeness (QED) is 0.376. The van der Waals surface area contributed by atoms with Crippen molar-refractivity contribution >= 4 is 18.1 Å². The molecule has 1 rings (SSSR count). The molecule has 2 atom stereocenters. The van der Waals surface area contributed by atoms with E-state index in [0.717, 1.165) is 19.3 Å². The monoisotopic (exact) mass is 407 g/mol. The summed E-state index contributed by atoms with van der Waals surface area (Å²) in [7, 11) is 0. The number of rotatable bonds is 7. The maximum Gasteiger partial charge on any atom is 0.330 e. The van der Waals surface area contributed by atoms with Crippen LogP contribution in [0, 0.1) is 10.8 Å². The molecular weight excluding hydrogens is 370 g/mol. The lowest BCUT2D eigenvalue weighted by molar-refractivity contribution is -0.132. The molecule has 0 bridgehead atoms. The molecule has 0 aromatic heterocycles. The van der Waals surface area contributed by atoms with E-state index >= 15 is 0 Å². The molecule has 0 aromatic rings. The summed E-state index contributed by atoms with van der Waals surface area (Å²) in [5.41, 5.74) is -0.248. The van der Waals surface area contributed by atoms with Gasteiger partial charge in [-0.2, -0.15) is 0 Å². The standard InChI is InChI=1S/C22H37N3O4/c1-16(18(27)28)9-8-10-25(20(2,3)4)19(29)23-14-22(7)12-17(24-15-26)11-21(5,6)13-22/h9,17H,8,10-14H2,1-7H3,(H,23,29)(H,27,28)/b16-9+. The van der Waals surface area contributed by atoms with Crippen molar-refractivity contribution in [3.05, 3.63) is 11.6 Å². The van der Waals surface area contributed by atoms with Gasteiger partial charge in [0.2, 0.25) is 6.08 Å². The molecule has 1 aliphatic rings. The fourth-order valence-corrected chi connectivity index (χ4v) is 4.50. The van der Waals surface area contributed by atoms with E-state index in [2.05, 4.69) is 31.1 Å². The van der Waals surface area contributed by atoms with Crippen LogP contribution in [0.1, 0.15) is 74.1 Å². The predicted molar refractivity (Wildman–Crippen MR) is 114 cm³/mol. The molecule has 0 aromatic carbocycles. The smallest absolute Gasteiger partial charge is 0.330 e. The Morgan fingerprint density at radius 2 is 1.90 bits per heavy atom. The second-order valence-corrected chi connectivity index (χ2v) is 10.4. The lowest BCUT2D eigenvalue weighted by atomic mass is 9.63. The fourth-order valence-electron chi connectivity index (χ4n) is 4.50. The van der Waals surface area contributed by atoms with Crippen LogP contribution in [0.3, 0.4) is 0 Å². The van der Waals surface area contributed by atoms with E-state index in [1.807, 2.05) is 20.8 Å². The molecule has 0 spiro atoms. The number of amides is 2. The molecule has 7 nitrogen and oxygen atoms in total. The van der Waals surface area contributed by atoms with Crippen molar-refractivity contribution in [3.8, 4) is 0 Å². The first-order valence-corrected chi connectivity index (χ1v) is 10.2. The molecule has 29 heavy (non-hydrogen) atoms. The Balaban J connectivity index is 2.82. The van der Waals surface area contributed by atoms with Crippen LogP contribution in [0.15, 0.2) is 16.6 Å². The highest BCUT2D eigenvalue weighted by Crippen LogP contribution is 2.46. The minimum Gasteiger partial charge on any atom is -0.478 e. The molecule has 7 heteroatoms. The summed E-state index contributed by atoms with van der Waals surface area (Å²) in [5.74, 6) is -0.947. The van der Waals surface area contributed by atoms with Crippen molar-refractivity contribution in [3.63, 3.8) is 0 Å². The van der Waals surface area contributed by atoms with Crippen LogP contribution in [0.2, 0.25) is 0 Å². The normalized spacial score (nSPS) is 24.4. The van der Waals surface area contributed by atoms with Gasteiger partial charge in [0, 0.05) is 24.2 Å². The molecule has 0 aliphatic heterocycles. The van der Waals surface area contributed by atoms with Crippen molar-refractivity contribution in [2.45, 2.75) is 85.7 Å². The average Bonchev–Trinajstić information content (AvgIpc) is 2.53. The van der Waals surface area contributed by atoms with Crippen molar-refractivity contribution < 1.29 is 19.5 Å². The molecule has 1 saturated carbocycles. The van der Waals surface area contributed by atoms with Crippen molar-refractivity contribution in [2.75, 3.05) is 13.1 Å². The number of hydrogen-bond acceptors (Lipinski definition) is 4. The van der Waals surface area contributed by atoms with Gasteiger partial charge in [-0.25, -0.2) is 19.4 Å². The van der Waals surface area contributed by atoms with E-state index in [9.17, 15) is 14.4 Å². The van der Waals surface area contributed by atoms with Crippen molar-refractivity contribution in [1.82, 2.24) is 10.2 Å². The van der Waals surface area contributed by atoms with Gasteiger partial charge < -0.3 is 15.3 Å². The lowest BCUT2D eigenvalue weighted by Gasteiger charge is -2.45. The number of carbonyl (C=O) groups is 2. The van der Waals surface area contributed by atoms with Crippen molar-refractivity contribution in [2.24, 2.45) is 15.8 Å². The zero-order valence-electron chi connectivity index (χ0n) is 19.0. The number of isocyanates is 1. The number of carbonyl (C=O) groups excluding carboxylic acids is 2.